The number of benzene rings is 2. The van der Waals surface area contributed by atoms with E-state index in [0.29, 0.717) is 10.6 Å². The Bertz CT molecular complexity index is 911. The average Bonchev–Trinajstić information content (AvgIpc) is 2.72. The minimum Gasteiger partial charge on any atom is -0.351 e. The van der Waals surface area contributed by atoms with E-state index >= 15 is 0 Å². The Morgan fingerprint density at radius 1 is 1.00 bits per heavy atom. The Morgan fingerprint density at radius 2 is 1.70 bits per heavy atom. The zero-order chi connectivity index (χ0) is 21.7. The standard InChI is InChI=1S/C22H22ClF3N2O2/c23-17-9-5-6-14(13-17)19(21(30)27-18-10-2-1-3-11-18)28-20(29)15-7-4-8-16(12-15)22(24,25)26/h4-9,12-13,18-19H,1-3,10-11H2,(H,27,30)(H,28,29). The molecule has 160 valence electrons. The fourth-order valence-corrected chi connectivity index (χ4v) is 3.77. The smallest absolute Gasteiger partial charge is 0.351 e. The van der Waals surface area contributed by atoms with Crippen LogP contribution in [0.1, 0.15) is 59.6 Å². The second-order valence-corrected chi connectivity index (χ2v) is 7.82. The van der Waals surface area contributed by atoms with Crippen LogP contribution >= 0.6 is 11.6 Å². The van der Waals surface area contributed by atoms with Crippen molar-refractivity contribution >= 4 is 23.4 Å². The van der Waals surface area contributed by atoms with Gasteiger partial charge in [0.25, 0.3) is 5.91 Å². The zero-order valence-corrected chi connectivity index (χ0v) is 16.9. The van der Waals surface area contributed by atoms with Crippen LogP contribution in [0.5, 0.6) is 0 Å². The quantitative estimate of drug-likeness (QED) is 0.667. The third-order valence-corrected chi connectivity index (χ3v) is 5.36. The maximum Gasteiger partial charge on any atom is 0.416 e. The van der Waals surface area contributed by atoms with Crippen molar-refractivity contribution in [3.8, 4) is 0 Å². The van der Waals surface area contributed by atoms with Gasteiger partial charge in [-0.2, -0.15) is 13.2 Å². The molecule has 0 radical (unpaired) electrons. The average molecular weight is 439 g/mol. The first-order valence-electron chi connectivity index (χ1n) is 9.78. The number of amides is 2. The molecule has 2 aromatic carbocycles. The summed E-state index contributed by atoms with van der Waals surface area (Å²) >= 11 is 6.04. The van der Waals surface area contributed by atoms with Gasteiger partial charge in [-0.1, -0.05) is 49.1 Å². The molecule has 1 saturated carbocycles. The summed E-state index contributed by atoms with van der Waals surface area (Å²) in [6.07, 6.45) is 0.301. The molecule has 0 spiro atoms. The second-order valence-electron chi connectivity index (χ2n) is 7.38. The number of carbonyl (C=O) groups is 2. The first kappa shape index (κ1) is 22.2. The Balaban J connectivity index is 1.83. The molecule has 1 unspecified atom stereocenters. The lowest BCUT2D eigenvalue weighted by atomic mass is 9.95. The van der Waals surface area contributed by atoms with Crippen molar-refractivity contribution in [2.45, 2.75) is 50.4 Å². The minimum atomic E-state index is -4.57. The highest BCUT2D eigenvalue weighted by atomic mass is 35.5. The Kier molecular flexibility index (Phi) is 7.02. The second kappa shape index (κ2) is 9.51. The molecule has 1 aliphatic rings. The molecular weight excluding hydrogens is 417 g/mol. The highest BCUT2D eigenvalue weighted by molar-refractivity contribution is 6.30. The summed E-state index contributed by atoms with van der Waals surface area (Å²) in [7, 11) is 0. The summed E-state index contributed by atoms with van der Waals surface area (Å²) in [6, 6.07) is 9.51. The SMILES string of the molecule is O=C(NC(C(=O)NC1CCCCC1)c1cccc(Cl)c1)c1cccc(C(F)(F)F)c1. The summed E-state index contributed by atoms with van der Waals surface area (Å²) in [5.74, 6) is -1.19. The predicted octanol–water partition coefficient (Wildman–Crippen LogP) is 5.28. The summed E-state index contributed by atoms with van der Waals surface area (Å²) in [5, 5.41) is 5.91. The maximum atomic E-state index is 13.0. The number of hydrogen-bond acceptors (Lipinski definition) is 2. The van der Waals surface area contributed by atoms with Gasteiger partial charge >= 0.3 is 6.18 Å². The highest BCUT2D eigenvalue weighted by Crippen LogP contribution is 2.30. The number of rotatable bonds is 5. The van der Waals surface area contributed by atoms with Gasteiger partial charge in [0.2, 0.25) is 5.91 Å². The van der Waals surface area contributed by atoms with E-state index in [1.165, 1.54) is 6.07 Å². The van der Waals surface area contributed by atoms with Gasteiger partial charge in [-0.25, -0.2) is 0 Å². The van der Waals surface area contributed by atoms with Crippen molar-refractivity contribution < 1.29 is 22.8 Å². The van der Waals surface area contributed by atoms with E-state index in [2.05, 4.69) is 10.6 Å². The first-order valence-corrected chi connectivity index (χ1v) is 10.2. The van der Waals surface area contributed by atoms with Gasteiger partial charge in [0.15, 0.2) is 0 Å². The van der Waals surface area contributed by atoms with E-state index in [9.17, 15) is 22.8 Å². The third-order valence-electron chi connectivity index (χ3n) is 5.12. The molecule has 0 heterocycles. The molecule has 0 bridgehead atoms. The molecular formula is C22H22ClF3N2O2. The van der Waals surface area contributed by atoms with Gasteiger partial charge in [0.05, 0.1) is 5.56 Å². The van der Waals surface area contributed by atoms with Gasteiger partial charge in [-0.05, 0) is 48.7 Å². The molecule has 1 fully saturated rings. The van der Waals surface area contributed by atoms with Crippen molar-refractivity contribution in [1.29, 1.82) is 0 Å². The van der Waals surface area contributed by atoms with Crippen molar-refractivity contribution in [2.24, 2.45) is 0 Å². The van der Waals surface area contributed by atoms with E-state index in [-0.39, 0.29) is 11.6 Å². The first-order chi connectivity index (χ1) is 14.2. The molecule has 1 atom stereocenters. The largest absolute Gasteiger partial charge is 0.416 e. The van der Waals surface area contributed by atoms with Crippen LogP contribution < -0.4 is 10.6 Å². The Labute approximate surface area is 177 Å². The summed E-state index contributed by atoms with van der Waals surface area (Å²) in [6.45, 7) is 0. The maximum absolute atomic E-state index is 13.0. The van der Waals surface area contributed by atoms with Gasteiger partial charge < -0.3 is 10.6 Å². The summed E-state index contributed by atoms with van der Waals surface area (Å²) < 4.78 is 38.9. The van der Waals surface area contributed by atoms with Crippen LogP contribution in [0.4, 0.5) is 13.2 Å². The zero-order valence-electron chi connectivity index (χ0n) is 16.1. The van der Waals surface area contributed by atoms with Crippen LogP contribution in [-0.4, -0.2) is 17.9 Å². The van der Waals surface area contributed by atoms with Crippen molar-refractivity contribution in [3.63, 3.8) is 0 Å². The molecule has 0 aromatic heterocycles. The lowest BCUT2D eigenvalue weighted by Gasteiger charge is -2.26. The van der Waals surface area contributed by atoms with Crippen molar-refractivity contribution in [3.05, 3.63) is 70.2 Å². The Hall–Kier alpha value is -2.54. The highest BCUT2D eigenvalue weighted by Gasteiger charge is 2.32. The molecule has 2 amide bonds. The lowest BCUT2D eigenvalue weighted by molar-refractivity contribution is -0.137. The molecule has 0 aliphatic heterocycles. The molecule has 30 heavy (non-hydrogen) atoms. The van der Waals surface area contributed by atoms with Crippen LogP contribution in [0.25, 0.3) is 0 Å². The van der Waals surface area contributed by atoms with Gasteiger partial charge in [0.1, 0.15) is 6.04 Å². The molecule has 4 nitrogen and oxygen atoms in total. The lowest BCUT2D eigenvalue weighted by Crippen LogP contribution is -2.45. The van der Waals surface area contributed by atoms with E-state index in [1.54, 1.807) is 24.3 Å². The van der Waals surface area contributed by atoms with Gasteiger partial charge in [0, 0.05) is 16.6 Å². The number of halogens is 4. The number of carbonyl (C=O) groups excluding carboxylic acids is 2. The van der Waals surface area contributed by atoms with E-state index in [4.69, 9.17) is 11.6 Å². The fraction of sp³-hybridized carbons (Fsp3) is 0.364. The summed E-state index contributed by atoms with van der Waals surface area (Å²) in [5.41, 5.74) is -0.653. The molecule has 1 aliphatic carbocycles. The predicted molar refractivity (Wildman–Crippen MR) is 108 cm³/mol. The minimum absolute atomic E-state index is 0.0124. The summed E-state index contributed by atoms with van der Waals surface area (Å²) in [4.78, 5) is 25.7. The number of alkyl halides is 3. The molecule has 2 N–H and O–H groups in total. The monoisotopic (exact) mass is 438 g/mol. The molecule has 3 rings (SSSR count). The van der Waals surface area contributed by atoms with Crippen molar-refractivity contribution in [1.82, 2.24) is 10.6 Å². The molecule has 0 saturated heterocycles. The van der Waals surface area contributed by atoms with Crippen LogP contribution in [0.2, 0.25) is 5.02 Å². The van der Waals surface area contributed by atoms with E-state index in [1.807, 2.05) is 0 Å². The number of nitrogens with one attached hydrogen (secondary N) is 2. The topological polar surface area (TPSA) is 58.2 Å². The van der Waals surface area contributed by atoms with Gasteiger partial charge in [-0.3, -0.25) is 9.59 Å². The normalized spacial score (nSPS) is 16.0. The van der Waals surface area contributed by atoms with Crippen LogP contribution in [-0.2, 0) is 11.0 Å². The number of hydrogen-bond donors (Lipinski definition) is 2. The van der Waals surface area contributed by atoms with Gasteiger partial charge in [-0.15, -0.1) is 0 Å². The van der Waals surface area contributed by atoms with Crippen LogP contribution in [0, 0.1) is 0 Å². The van der Waals surface area contributed by atoms with Crippen molar-refractivity contribution in [2.75, 3.05) is 0 Å². The van der Waals surface area contributed by atoms with E-state index < -0.39 is 29.6 Å². The van der Waals surface area contributed by atoms with E-state index in [0.717, 1.165) is 50.3 Å². The molecule has 8 heteroatoms. The third kappa shape index (κ3) is 5.75. The Morgan fingerprint density at radius 3 is 2.37 bits per heavy atom. The fourth-order valence-electron chi connectivity index (χ4n) is 3.57. The molecule has 2 aromatic rings. The van der Waals surface area contributed by atoms with Crippen LogP contribution in [0.15, 0.2) is 48.5 Å². The van der Waals surface area contributed by atoms with Crippen LogP contribution in [0.3, 0.4) is 0 Å².